The second-order valence-corrected chi connectivity index (χ2v) is 4.89. The summed E-state index contributed by atoms with van der Waals surface area (Å²) in [4.78, 5) is 11.8. The predicted octanol–water partition coefficient (Wildman–Crippen LogP) is 2.93. The third-order valence-corrected chi connectivity index (χ3v) is 2.22. The van der Waals surface area contributed by atoms with Gasteiger partial charge in [-0.3, -0.25) is 0 Å². The number of nitrogens with two attached hydrogens (primary N) is 1. The summed E-state index contributed by atoms with van der Waals surface area (Å²) in [5.74, 6) is -1.03. The molecule has 0 aliphatic heterocycles. The first kappa shape index (κ1) is 13.5. The van der Waals surface area contributed by atoms with Crippen LogP contribution in [0.4, 0.5) is 10.1 Å². The molecule has 0 unspecified atom stereocenters. The Balaban J connectivity index is 3.07. The van der Waals surface area contributed by atoms with Crippen LogP contribution in [0.25, 0.3) is 0 Å². The lowest BCUT2D eigenvalue weighted by atomic mass is 10.1. The molecule has 1 rings (SSSR count). The van der Waals surface area contributed by atoms with E-state index in [0.717, 1.165) is 6.07 Å². The van der Waals surface area contributed by atoms with Crippen molar-refractivity contribution in [3.8, 4) is 0 Å². The van der Waals surface area contributed by atoms with Gasteiger partial charge in [0.1, 0.15) is 11.4 Å². The number of aryl methyl sites for hydroxylation is 1. The molecule has 0 aromatic heterocycles. The minimum Gasteiger partial charge on any atom is -0.456 e. The zero-order valence-electron chi connectivity index (χ0n) is 10.6. The van der Waals surface area contributed by atoms with Gasteiger partial charge in [-0.05, 0) is 44.9 Å². The van der Waals surface area contributed by atoms with Crippen molar-refractivity contribution >= 4 is 11.7 Å². The molecule has 2 N–H and O–H groups in total. The van der Waals surface area contributed by atoms with Crippen LogP contribution in [0.2, 0.25) is 0 Å². The van der Waals surface area contributed by atoms with Crippen LogP contribution < -0.4 is 5.73 Å². The highest BCUT2D eigenvalue weighted by molar-refractivity contribution is 5.95. The maximum Gasteiger partial charge on any atom is 0.340 e. The molecule has 0 amide bonds. The average molecular weight is 239 g/mol. The Morgan fingerprint density at radius 3 is 2.47 bits per heavy atom. The molecular weight excluding hydrogens is 221 g/mol. The smallest absolute Gasteiger partial charge is 0.340 e. The van der Waals surface area contributed by atoms with Gasteiger partial charge in [0.25, 0.3) is 0 Å². The maximum absolute atomic E-state index is 13.6. The van der Waals surface area contributed by atoms with Crippen LogP contribution in [0, 0.1) is 5.82 Å². The third kappa shape index (κ3) is 3.44. The number of carbonyl (C=O) groups is 1. The lowest BCUT2D eigenvalue weighted by molar-refractivity contribution is 0.00703. The third-order valence-electron chi connectivity index (χ3n) is 2.22. The summed E-state index contributed by atoms with van der Waals surface area (Å²) in [6.45, 7) is 7.07. The van der Waals surface area contributed by atoms with Crippen molar-refractivity contribution in [2.24, 2.45) is 0 Å². The fourth-order valence-electron chi connectivity index (χ4n) is 1.42. The minimum atomic E-state index is -0.622. The summed E-state index contributed by atoms with van der Waals surface area (Å²) in [6.07, 6.45) is 0.532. The largest absolute Gasteiger partial charge is 0.456 e. The summed E-state index contributed by atoms with van der Waals surface area (Å²) in [5.41, 5.74) is 5.92. The van der Waals surface area contributed by atoms with Crippen LogP contribution in [-0.2, 0) is 11.2 Å². The van der Waals surface area contributed by atoms with Gasteiger partial charge in [0.05, 0.1) is 5.56 Å². The molecule has 0 aliphatic rings. The maximum atomic E-state index is 13.6. The molecule has 17 heavy (non-hydrogen) atoms. The van der Waals surface area contributed by atoms with Gasteiger partial charge in [-0.1, -0.05) is 6.92 Å². The van der Waals surface area contributed by atoms with Gasteiger partial charge in [0.15, 0.2) is 0 Å². The first-order valence-electron chi connectivity index (χ1n) is 5.56. The van der Waals surface area contributed by atoms with Crippen molar-refractivity contribution in [2.75, 3.05) is 5.73 Å². The topological polar surface area (TPSA) is 52.3 Å². The molecule has 0 atom stereocenters. The fraction of sp³-hybridized carbons (Fsp3) is 0.462. The number of anilines is 1. The number of benzene rings is 1. The van der Waals surface area contributed by atoms with Crippen LogP contribution in [0.1, 0.15) is 43.6 Å². The molecule has 1 aromatic rings. The Bertz CT molecular complexity index is 436. The Hall–Kier alpha value is -1.58. The van der Waals surface area contributed by atoms with Crippen molar-refractivity contribution in [1.29, 1.82) is 0 Å². The molecule has 94 valence electrons. The Labute approximate surface area is 101 Å². The van der Waals surface area contributed by atoms with Crippen molar-refractivity contribution in [2.45, 2.75) is 39.7 Å². The average Bonchev–Trinajstić information content (AvgIpc) is 2.18. The van der Waals surface area contributed by atoms with E-state index in [1.54, 1.807) is 20.8 Å². The summed E-state index contributed by atoms with van der Waals surface area (Å²) in [7, 11) is 0. The van der Waals surface area contributed by atoms with Crippen molar-refractivity contribution in [3.63, 3.8) is 0 Å². The van der Waals surface area contributed by atoms with E-state index in [0.29, 0.717) is 12.0 Å². The molecule has 0 saturated heterocycles. The quantitative estimate of drug-likeness (QED) is 0.637. The number of rotatable bonds is 2. The fourth-order valence-corrected chi connectivity index (χ4v) is 1.42. The summed E-state index contributed by atoms with van der Waals surface area (Å²) in [5, 5.41) is 0. The Morgan fingerprint density at radius 2 is 2.00 bits per heavy atom. The number of halogens is 1. The van der Waals surface area contributed by atoms with E-state index >= 15 is 0 Å². The van der Waals surface area contributed by atoms with Crippen LogP contribution in [0.15, 0.2) is 12.1 Å². The zero-order valence-corrected chi connectivity index (χ0v) is 10.6. The van der Waals surface area contributed by atoms with E-state index in [-0.39, 0.29) is 11.3 Å². The molecule has 3 nitrogen and oxygen atoms in total. The number of carbonyl (C=O) groups excluding carboxylic acids is 1. The highest BCUT2D eigenvalue weighted by atomic mass is 19.1. The standard InChI is InChI=1S/C13H18FNO2/c1-5-8-6-11(15)9(7-10(8)14)12(16)17-13(2,3)4/h6-7H,5,15H2,1-4H3. The molecule has 1 aromatic carbocycles. The number of esters is 1. The summed E-state index contributed by atoms with van der Waals surface area (Å²) in [6, 6.07) is 2.62. The van der Waals surface area contributed by atoms with E-state index in [1.807, 2.05) is 6.92 Å². The van der Waals surface area contributed by atoms with Crippen molar-refractivity contribution in [1.82, 2.24) is 0 Å². The number of nitrogen functional groups attached to an aromatic ring is 1. The summed E-state index contributed by atoms with van der Waals surface area (Å²) >= 11 is 0. The van der Waals surface area contributed by atoms with Gasteiger partial charge < -0.3 is 10.5 Å². The molecule has 0 aliphatic carbocycles. The first-order chi connectivity index (χ1) is 7.74. The van der Waals surface area contributed by atoms with Crippen LogP contribution in [-0.4, -0.2) is 11.6 Å². The molecule has 0 saturated carbocycles. The lowest BCUT2D eigenvalue weighted by Crippen LogP contribution is -2.24. The first-order valence-corrected chi connectivity index (χ1v) is 5.56. The van der Waals surface area contributed by atoms with Gasteiger partial charge in [0.2, 0.25) is 0 Å². The van der Waals surface area contributed by atoms with E-state index < -0.39 is 17.4 Å². The molecular formula is C13H18FNO2. The Morgan fingerprint density at radius 1 is 1.41 bits per heavy atom. The van der Waals surface area contributed by atoms with E-state index in [4.69, 9.17) is 10.5 Å². The van der Waals surface area contributed by atoms with Gasteiger partial charge in [-0.25, -0.2) is 9.18 Å². The molecule has 0 heterocycles. The number of ether oxygens (including phenoxy) is 1. The predicted molar refractivity (Wildman–Crippen MR) is 65.4 cm³/mol. The summed E-state index contributed by atoms with van der Waals surface area (Å²) < 4.78 is 18.7. The highest BCUT2D eigenvalue weighted by Crippen LogP contribution is 2.21. The van der Waals surface area contributed by atoms with Gasteiger partial charge >= 0.3 is 5.97 Å². The normalized spacial score (nSPS) is 11.4. The SMILES string of the molecule is CCc1cc(N)c(C(=O)OC(C)(C)C)cc1F. The minimum absolute atomic E-state index is 0.0784. The van der Waals surface area contributed by atoms with E-state index in [1.165, 1.54) is 6.07 Å². The molecule has 0 spiro atoms. The van der Waals surface area contributed by atoms with Gasteiger partial charge in [-0.2, -0.15) is 0 Å². The number of hydrogen-bond donors (Lipinski definition) is 1. The van der Waals surface area contributed by atoms with Crippen molar-refractivity contribution < 1.29 is 13.9 Å². The van der Waals surface area contributed by atoms with E-state index in [2.05, 4.69) is 0 Å². The molecule has 0 radical (unpaired) electrons. The molecule has 4 heteroatoms. The lowest BCUT2D eigenvalue weighted by Gasteiger charge is -2.20. The second kappa shape index (κ2) is 4.73. The monoisotopic (exact) mass is 239 g/mol. The molecule has 0 fully saturated rings. The van der Waals surface area contributed by atoms with E-state index in [9.17, 15) is 9.18 Å². The molecule has 0 bridgehead atoms. The second-order valence-electron chi connectivity index (χ2n) is 4.89. The highest BCUT2D eigenvalue weighted by Gasteiger charge is 2.21. The van der Waals surface area contributed by atoms with Crippen LogP contribution >= 0.6 is 0 Å². The van der Waals surface area contributed by atoms with Crippen LogP contribution in [0.5, 0.6) is 0 Å². The van der Waals surface area contributed by atoms with Crippen molar-refractivity contribution in [3.05, 3.63) is 29.1 Å². The van der Waals surface area contributed by atoms with Crippen LogP contribution in [0.3, 0.4) is 0 Å². The Kier molecular flexibility index (Phi) is 3.76. The van der Waals surface area contributed by atoms with Gasteiger partial charge in [0, 0.05) is 5.69 Å². The number of hydrogen-bond acceptors (Lipinski definition) is 3. The van der Waals surface area contributed by atoms with Gasteiger partial charge in [-0.15, -0.1) is 0 Å². The zero-order chi connectivity index (χ0) is 13.2.